The third kappa shape index (κ3) is 2.00. The van der Waals surface area contributed by atoms with E-state index in [4.69, 9.17) is 29.7 Å². The summed E-state index contributed by atoms with van der Waals surface area (Å²) < 4.78 is 8.21. The van der Waals surface area contributed by atoms with Gasteiger partial charge in [-0.05, 0) is 24.4 Å². The van der Waals surface area contributed by atoms with Crippen LogP contribution in [-0.2, 0) is 0 Å². The van der Waals surface area contributed by atoms with Crippen LogP contribution in [0.4, 0.5) is 5.69 Å². The number of nitrogens with two attached hydrogens (primary N) is 1. The summed E-state index contributed by atoms with van der Waals surface area (Å²) in [6, 6.07) is 3.53. The molecule has 15 heavy (non-hydrogen) atoms. The van der Waals surface area contributed by atoms with Gasteiger partial charge in [-0.15, -0.1) is 0 Å². The number of anilines is 1. The van der Waals surface area contributed by atoms with E-state index in [-0.39, 0.29) is 5.11 Å². The van der Waals surface area contributed by atoms with Crippen molar-refractivity contribution in [3.05, 3.63) is 17.2 Å². The number of halogens is 1. The zero-order valence-corrected chi connectivity index (χ0v) is 9.71. The van der Waals surface area contributed by atoms with Crippen LogP contribution in [0.3, 0.4) is 0 Å². The fourth-order valence-corrected chi connectivity index (χ4v) is 1.94. The average molecular weight is 260 g/mol. The molecule has 1 heterocycles. The van der Waals surface area contributed by atoms with Crippen LogP contribution in [0.1, 0.15) is 0 Å². The molecule has 0 saturated heterocycles. The van der Waals surface area contributed by atoms with Crippen LogP contribution < -0.4 is 16.6 Å². The van der Waals surface area contributed by atoms with Crippen LogP contribution in [0.5, 0.6) is 0 Å². The SMILES string of the molecule is NNC(=S)Nc1c(Cl)ccc2nsnc12. The lowest BCUT2D eigenvalue weighted by atomic mass is 10.2. The van der Waals surface area contributed by atoms with Gasteiger partial charge in [0.15, 0.2) is 5.11 Å². The Balaban J connectivity index is 2.51. The number of hydrazine groups is 1. The molecule has 0 spiro atoms. The summed E-state index contributed by atoms with van der Waals surface area (Å²) in [7, 11) is 0. The second kappa shape index (κ2) is 4.23. The minimum Gasteiger partial charge on any atom is -0.329 e. The Kier molecular flexibility index (Phi) is 2.96. The van der Waals surface area contributed by atoms with Crippen molar-refractivity contribution < 1.29 is 0 Å². The standard InChI is InChI=1S/C7H6ClN5S2/c8-3-1-2-4-6(13-15-12-4)5(3)10-7(14)11-9/h1-2H,9H2,(H2,10,11,14). The highest BCUT2D eigenvalue weighted by atomic mass is 35.5. The molecule has 0 amide bonds. The van der Waals surface area contributed by atoms with Gasteiger partial charge in [-0.25, -0.2) is 5.84 Å². The van der Waals surface area contributed by atoms with Gasteiger partial charge in [0.25, 0.3) is 0 Å². The Bertz CT molecular complexity index is 511. The van der Waals surface area contributed by atoms with E-state index in [1.807, 2.05) is 0 Å². The molecule has 1 aromatic heterocycles. The second-order valence-electron chi connectivity index (χ2n) is 2.65. The van der Waals surface area contributed by atoms with E-state index in [0.29, 0.717) is 16.2 Å². The van der Waals surface area contributed by atoms with Crippen molar-refractivity contribution in [1.29, 1.82) is 0 Å². The Morgan fingerprint density at radius 1 is 1.47 bits per heavy atom. The quantitative estimate of drug-likeness (QED) is 0.409. The fourth-order valence-electron chi connectivity index (χ4n) is 1.10. The fraction of sp³-hybridized carbons (Fsp3) is 0. The van der Waals surface area contributed by atoms with Gasteiger partial charge in [-0.3, -0.25) is 0 Å². The molecule has 4 N–H and O–H groups in total. The average Bonchev–Trinajstić information content (AvgIpc) is 2.70. The van der Waals surface area contributed by atoms with Crippen LogP contribution in [0.15, 0.2) is 12.1 Å². The van der Waals surface area contributed by atoms with E-state index in [9.17, 15) is 0 Å². The first-order valence-electron chi connectivity index (χ1n) is 3.90. The third-order valence-electron chi connectivity index (χ3n) is 1.75. The molecule has 78 valence electrons. The zero-order valence-electron chi connectivity index (χ0n) is 7.32. The molecule has 0 fully saturated rings. The molecule has 8 heteroatoms. The van der Waals surface area contributed by atoms with Gasteiger partial charge < -0.3 is 10.7 Å². The molecule has 2 rings (SSSR count). The minimum atomic E-state index is 0.275. The van der Waals surface area contributed by atoms with Crippen molar-refractivity contribution in [3.63, 3.8) is 0 Å². The normalized spacial score (nSPS) is 10.3. The molecule has 0 aliphatic carbocycles. The van der Waals surface area contributed by atoms with E-state index in [0.717, 1.165) is 17.2 Å². The molecule has 0 bridgehead atoms. The molecule has 0 radical (unpaired) electrons. The molecule has 1 aromatic carbocycles. The number of nitrogens with zero attached hydrogens (tertiary/aromatic N) is 2. The Morgan fingerprint density at radius 3 is 3.00 bits per heavy atom. The first kappa shape index (κ1) is 10.5. The number of benzene rings is 1. The molecule has 0 aliphatic rings. The lowest BCUT2D eigenvalue weighted by Crippen LogP contribution is -2.34. The highest BCUT2D eigenvalue weighted by molar-refractivity contribution is 7.80. The monoisotopic (exact) mass is 259 g/mol. The number of rotatable bonds is 1. The maximum absolute atomic E-state index is 6.01. The molecular weight excluding hydrogens is 254 g/mol. The largest absolute Gasteiger partial charge is 0.329 e. The van der Waals surface area contributed by atoms with E-state index in [2.05, 4.69) is 19.5 Å². The summed E-state index contributed by atoms with van der Waals surface area (Å²) in [5.41, 5.74) is 4.39. The van der Waals surface area contributed by atoms with Crippen LogP contribution >= 0.6 is 35.5 Å². The van der Waals surface area contributed by atoms with Gasteiger partial charge in [0.05, 0.1) is 22.4 Å². The van der Waals surface area contributed by atoms with Gasteiger partial charge in [0, 0.05) is 0 Å². The van der Waals surface area contributed by atoms with Crippen LogP contribution in [0.2, 0.25) is 5.02 Å². The van der Waals surface area contributed by atoms with Crippen LogP contribution in [0.25, 0.3) is 11.0 Å². The maximum Gasteiger partial charge on any atom is 0.185 e. The summed E-state index contributed by atoms with van der Waals surface area (Å²) in [4.78, 5) is 0. The Labute approximate surface area is 99.9 Å². The number of thiocarbonyl (C=S) groups is 1. The lowest BCUT2D eigenvalue weighted by molar-refractivity contribution is 1.04. The van der Waals surface area contributed by atoms with Crippen molar-refractivity contribution in [2.45, 2.75) is 0 Å². The predicted octanol–water partition coefficient (Wildman–Crippen LogP) is 1.50. The van der Waals surface area contributed by atoms with Gasteiger partial charge in [-0.1, -0.05) is 11.6 Å². The molecule has 0 unspecified atom stereocenters. The lowest BCUT2D eigenvalue weighted by Gasteiger charge is -2.08. The first-order chi connectivity index (χ1) is 7.22. The van der Waals surface area contributed by atoms with Crippen molar-refractivity contribution in [2.24, 2.45) is 5.84 Å². The Morgan fingerprint density at radius 2 is 2.27 bits per heavy atom. The summed E-state index contributed by atoms with van der Waals surface area (Å²) >= 11 is 12.0. The number of aromatic nitrogens is 2. The van der Waals surface area contributed by atoms with Gasteiger partial charge >= 0.3 is 0 Å². The number of hydrogen-bond acceptors (Lipinski definition) is 5. The second-order valence-corrected chi connectivity index (χ2v) is 4.00. The zero-order chi connectivity index (χ0) is 10.8. The van der Waals surface area contributed by atoms with Gasteiger partial charge in [-0.2, -0.15) is 8.75 Å². The number of fused-ring (bicyclic) bond motifs is 1. The van der Waals surface area contributed by atoms with E-state index in [1.165, 1.54) is 0 Å². The Hall–Kier alpha value is -1.02. The molecule has 0 aliphatic heterocycles. The molecule has 0 atom stereocenters. The minimum absolute atomic E-state index is 0.275. The van der Waals surface area contributed by atoms with Crippen molar-refractivity contribution in [3.8, 4) is 0 Å². The summed E-state index contributed by atoms with van der Waals surface area (Å²) in [6.07, 6.45) is 0. The van der Waals surface area contributed by atoms with Crippen LogP contribution in [0, 0.1) is 0 Å². The van der Waals surface area contributed by atoms with E-state index < -0.39 is 0 Å². The van der Waals surface area contributed by atoms with Crippen LogP contribution in [-0.4, -0.2) is 13.9 Å². The van der Waals surface area contributed by atoms with Gasteiger partial charge in [0.2, 0.25) is 0 Å². The predicted molar refractivity (Wildman–Crippen MR) is 66.0 cm³/mol. The molecule has 0 saturated carbocycles. The topological polar surface area (TPSA) is 75.9 Å². The van der Waals surface area contributed by atoms with E-state index in [1.54, 1.807) is 12.1 Å². The van der Waals surface area contributed by atoms with Crippen molar-refractivity contribution in [2.75, 3.05) is 5.32 Å². The summed E-state index contributed by atoms with van der Waals surface area (Å²) in [5, 5.41) is 3.65. The molecule has 2 aromatic rings. The summed E-state index contributed by atoms with van der Waals surface area (Å²) in [5.74, 6) is 5.16. The third-order valence-corrected chi connectivity index (χ3v) is 2.82. The highest BCUT2D eigenvalue weighted by Gasteiger charge is 2.10. The maximum atomic E-state index is 6.01. The number of hydrogen-bond donors (Lipinski definition) is 3. The first-order valence-corrected chi connectivity index (χ1v) is 5.42. The van der Waals surface area contributed by atoms with E-state index >= 15 is 0 Å². The number of nitrogens with one attached hydrogen (secondary N) is 2. The smallest absolute Gasteiger partial charge is 0.185 e. The van der Waals surface area contributed by atoms with Crippen molar-refractivity contribution >= 4 is 57.4 Å². The molecular formula is C7H6ClN5S2. The highest BCUT2D eigenvalue weighted by Crippen LogP contribution is 2.29. The van der Waals surface area contributed by atoms with Crippen molar-refractivity contribution in [1.82, 2.24) is 14.2 Å². The van der Waals surface area contributed by atoms with Gasteiger partial charge in [0.1, 0.15) is 11.0 Å². The molecule has 5 nitrogen and oxygen atoms in total. The summed E-state index contributed by atoms with van der Waals surface area (Å²) in [6.45, 7) is 0.